The summed E-state index contributed by atoms with van der Waals surface area (Å²) in [6.07, 6.45) is 74.8. The molecular formula is C67H127N2O7P. The first-order chi connectivity index (χ1) is 37.4. The van der Waals surface area contributed by atoms with E-state index in [9.17, 15) is 24.5 Å². The van der Waals surface area contributed by atoms with E-state index < -0.39 is 32.7 Å². The van der Waals surface area contributed by atoms with Gasteiger partial charge in [-0.1, -0.05) is 280 Å². The third-order valence-electron chi connectivity index (χ3n) is 14.8. The second-order valence-electron chi connectivity index (χ2n) is 23.6. The Balaban J connectivity index is 3.89. The molecule has 4 unspecified atom stereocenters. The number of nitrogens with one attached hydrogen (secondary N) is 1. The zero-order valence-electron chi connectivity index (χ0n) is 51.3. The highest BCUT2D eigenvalue weighted by molar-refractivity contribution is 7.45. The fourth-order valence-electron chi connectivity index (χ4n) is 9.72. The van der Waals surface area contributed by atoms with Crippen molar-refractivity contribution in [1.82, 2.24) is 5.32 Å². The first-order valence-electron chi connectivity index (χ1n) is 32.7. The van der Waals surface area contributed by atoms with E-state index in [1.54, 1.807) is 0 Å². The van der Waals surface area contributed by atoms with Crippen molar-refractivity contribution < 1.29 is 38.0 Å². The van der Waals surface area contributed by atoms with Crippen LogP contribution in [0.25, 0.3) is 0 Å². The molecule has 0 aliphatic heterocycles. The summed E-state index contributed by atoms with van der Waals surface area (Å²) in [6, 6.07) is -1.09. The van der Waals surface area contributed by atoms with Gasteiger partial charge in [0.05, 0.1) is 39.9 Å². The smallest absolute Gasteiger partial charge is 0.268 e. The molecule has 0 aliphatic rings. The highest BCUT2D eigenvalue weighted by atomic mass is 31.2. The number of allylic oxidation sites excluding steroid dienone is 10. The van der Waals surface area contributed by atoms with Crippen molar-refractivity contribution in [2.75, 3.05) is 40.9 Å². The molecule has 0 heterocycles. The normalized spacial score (nSPS) is 14.5. The number of hydrogen-bond donors (Lipinski definition) is 3. The summed E-state index contributed by atoms with van der Waals surface area (Å²) in [4.78, 5) is 25.6. The van der Waals surface area contributed by atoms with E-state index in [2.05, 4.69) is 79.9 Å². The number of carbonyl (C=O) groups excluding carboxylic acids is 1. The lowest BCUT2D eigenvalue weighted by molar-refractivity contribution is -0.870. The monoisotopic (exact) mass is 1100 g/mol. The van der Waals surface area contributed by atoms with Crippen LogP contribution in [0.2, 0.25) is 0 Å². The van der Waals surface area contributed by atoms with E-state index in [1.165, 1.54) is 212 Å². The first-order valence-corrected chi connectivity index (χ1v) is 34.2. The molecule has 0 saturated carbocycles. The average molecular weight is 1100 g/mol. The number of nitrogens with zero attached hydrogens (tertiary/aromatic N) is 1. The Hall–Kier alpha value is -1.84. The van der Waals surface area contributed by atoms with Crippen LogP contribution in [-0.4, -0.2) is 79.8 Å². The Kier molecular flexibility index (Phi) is 56.0. The Morgan fingerprint density at radius 3 is 1.21 bits per heavy atom. The molecule has 0 rings (SSSR count). The molecule has 3 N–H and O–H groups in total. The topological polar surface area (TPSA) is 128 Å². The fourth-order valence-corrected chi connectivity index (χ4v) is 10.4. The maximum absolute atomic E-state index is 13.0. The lowest BCUT2D eigenvalue weighted by atomic mass is 10.0. The third-order valence-corrected chi connectivity index (χ3v) is 15.8. The number of phosphoric acid groups is 1. The van der Waals surface area contributed by atoms with Gasteiger partial charge in [0.15, 0.2) is 0 Å². The second kappa shape index (κ2) is 57.4. The van der Waals surface area contributed by atoms with E-state index in [1.807, 2.05) is 21.1 Å². The molecule has 10 heteroatoms. The SMILES string of the molecule is CC/C=C\C/C=C\C/C=C\C/C=C\CCCCCCCCCCCCCCCCCCCCCCCCCCCCCCC(=O)NC(COP(=O)([O-])OCC[N+](C)(C)C)C(O)C(O)CCC/C=C/CCCCCCCCC. The molecule has 77 heavy (non-hydrogen) atoms. The molecule has 0 spiro atoms. The Bertz CT molecular complexity index is 1460. The van der Waals surface area contributed by atoms with Gasteiger partial charge in [-0.2, -0.15) is 0 Å². The molecule has 0 radical (unpaired) electrons. The number of amides is 1. The first kappa shape index (κ1) is 75.2. The summed E-state index contributed by atoms with van der Waals surface area (Å²) in [5.74, 6) is -0.284. The number of carbonyl (C=O) groups is 1. The average Bonchev–Trinajstić information content (AvgIpc) is 3.39. The quantitative estimate of drug-likeness (QED) is 0.0239. The van der Waals surface area contributed by atoms with Gasteiger partial charge in [0.2, 0.25) is 5.91 Å². The zero-order chi connectivity index (χ0) is 56.4. The number of quaternary nitrogens is 1. The van der Waals surface area contributed by atoms with E-state index in [4.69, 9.17) is 9.05 Å². The van der Waals surface area contributed by atoms with Gasteiger partial charge in [0.25, 0.3) is 7.82 Å². The van der Waals surface area contributed by atoms with Gasteiger partial charge in [-0.3, -0.25) is 9.36 Å². The molecule has 0 aromatic carbocycles. The molecular weight excluding hydrogens is 976 g/mol. The highest BCUT2D eigenvalue weighted by Gasteiger charge is 2.29. The number of rotatable bonds is 60. The van der Waals surface area contributed by atoms with Crippen LogP contribution in [0.4, 0.5) is 0 Å². The van der Waals surface area contributed by atoms with Gasteiger partial charge in [-0.05, 0) is 77.0 Å². The maximum Gasteiger partial charge on any atom is 0.268 e. The molecule has 0 bridgehead atoms. The summed E-state index contributed by atoms with van der Waals surface area (Å²) in [6.45, 7) is 4.32. The maximum atomic E-state index is 13.0. The van der Waals surface area contributed by atoms with E-state index in [-0.39, 0.29) is 18.9 Å². The number of phosphoric ester groups is 1. The fraction of sp³-hybridized carbons (Fsp3) is 0.836. The van der Waals surface area contributed by atoms with Gasteiger partial charge < -0.3 is 34.0 Å². The lowest BCUT2D eigenvalue weighted by Gasteiger charge is -2.31. The minimum absolute atomic E-state index is 0.0450. The Morgan fingerprint density at radius 1 is 0.481 bits per heavy atom. The standard InChI is InChI=1S/C67H127N2O7P/c1-6-8-10-12-14-16-18-20-21-22-23-24-25-26-27-28-29-30-31-32-33-34-35-36-37-38-39-40-41-42-43-44-45-46-47-48-50-52-54-56-58-60-66(71)68-64(63-76-77(73,74)75-62-61-69(3,4)5)67(72)65(70)59-57-55-53-51-49-19-17-15-13-11-9-7-2/h8,10,14,16,20-21,23-24,51,53,64-65,67,70,72H,6-7,9,11-13,15,17-19,22,25-50,52,54-63H2,1-5H3,(H-,68,71,73,74)/b10-8-,16-14-,21-20-,24-23-,53-51+. The number of aliphatic hydroxyl groups excluding tert-OH is 2. The van der Waals surface area contributed by atoms with Crippen molar-refractivity contribution in [2.24, 2.45) is 0 Å². The number of likely N-dealkylation sites (N-methyl/N-ethyl adjacent to an activating group) is 1. The molecule has 0 saturated heterocycles. The third kappa shape index (κ3) is 58.6. The Morgan fingerprint density at radius 2 is 0.818 bits per heavy atom. The second-order valence-corrected chi connectivity index (χ2v) is 25.0. The highest BCUT2D eigenvalue weighted by Crippen LogP contribution is 2.38. The van der Waals surface area contributed by atoms with Crippen LogP contribution in [0.5, 0.6) is 0 Å². The summed E-state index contributed by atoms with van der Waals surface area (Å²) in [5, 5.41) is 24.7. The van der Waals surface area contributed by atoms with Gasteiger partial charge in [-0.15, -0.1) is 0 Å². The van der Waals surface area contributed by atoms with E-state index in [0.717, 1.165) is 51.4 Å². The molecule has 452 valence electrons. The zero-order valence-corrected chi connectivity index (χ0v) is 52.2. The van der Waals surface area contributed by atoms with Gasteiger partial charge in [0.1, 0.15) is 19.3 Å². The molecule has 1 amide bonds. The Labute approximate surface area is 477 Å². The molecule has 0 aliphatic carbocycles. The van der Waals surface area contributed by atoms with Crippen molar-refractivity contribution in [3.63, 3.8) is 0 Å². The van der Waals surface area contributed by atoms with E-state index in [0.29, 0.717) is 30.3 Å². The molecule has 4 atom stereocenters. The summed E-state index contributed by atoms with van der Waals surface area (Å²) in [7, 11) is 1.12. The molecule has 0 aromatic heterocycles. The van der Waals surface area contributed by atoms with Gasteiger partial charge in [-0.25, -0.2) is 0 Å². The van der Waals surface area contributed by atoms with Crippen LogP contribution in [0.1, 0.15) is 303 Å². The van der Waals surface area contributed by atoms with Crippen LogP contribution >= 0.6 is 7.82 Å². The van der Waals surface area contributed by atoms with Crippen LogP contribution in [0.15, 0.2) is 60.8 Å². The molecule has 9 nitrogen and oxygen atoms in total. The number of aliphatic hydroxyl groups is 2. The van der Waals surface area contributed by atoms with Gasteiger partial charge in [0, 0.05) is 6.42 Å². The van der Waals surface area contributed by atoms with Gasteiger partial charge >= 0.3 is 0 Å². The summed E-state index contributed by atoms with van der Waals surface area (Å²) >= 11 is 0. The largest absolute Gasteiger partial charge is 0.756 e. The minimum atomic E-state index is -4.68. The van der Waals surface area contributed by atoms with Crippen molar-refractivity contribution in [3.8, 4) is 0 Å². The predicted octanol–water partition coefficient (Wildman–Crippen LogP) is 18.8. The molecule has 0 fully saturated rings. The number of hydrogen-bond acceptors (Lipinski definition) is 7. The summed E-state index contributed by atoms with van der Waals surface area (Å²) < 4.78 is 23.3. The number of unbranched alkanes of at least 4 members (excludes halogenated alkanes) is 36. The van der Waals surface area contributed by atoms with Crippen molar-refractivity contribution in [3.05, 3.63) is 60.8 Å². The lowest BCUT2D eigenvalue weighted by Crippen LogP contribution is -2.51. The van der Waals surface area contributed by atoms with Crippen LogP contribution in [0.3, 0.4) is 0 Å². The van der Waals surface area contributed by atoms with Crippen molar-refractivity contribution in [1.29, 1.82) is 0 Å². The van der Waals surface area contributed by atoms with E-state index >= 15 is 0 Å². The molecule has 0 aromatic rings. The van der Waals surface area contributed by atoms with Crippen molar-refractivity contribution >= 4 is 13.7 Å². The van der Waals surface area contributed by atoms with Crippen LogP contribution in [-0.2, 0) is 18.4 Å². The van der Waals surface area contributed by atoms with Crippen LogP contribution < -0.4 is 10.2 Å². The predicted molar refractivity (Wildman–Crippen MR) is 331 cm³/mol. The summed E-state index contributed by atoms with van der Waals surface area (Å²) in [5.41, 5.74) is 0. The van der Waals surface area contributed by atoms with Crippen molar-refractivity contribution in [2.45, 2.75) is 321 Å². The minimum Gasteiger partial charge on any atom is -0.756 e. The van der Waals surface area contributed by atoms with Crippen LogP contribution in [0, 0.1) is 0 Å².